The zero-order valence-corrected chi connectivity index (χ0v) is 10.4. The summed E-state index contributed by atoms with van der Waals surface area (Å²) in [5.41, 5.74) is 1.27. The van der Waals surface area contributed by atoms with E-state index < -0.39 is 0 Å². The lowest BCUT2D eigenvalue weighted by molar-refractivity contribution is 0.127. The predicted molar refractivity (Wildman–Crippen MR) is 63.9 cm³/mol. The van der Waals surface area contributed by atoms with Gasteiger partial charge in [-0.15, -0.1) is 0 Å². The second-order valence-corrected chi connectivity index (χ2v) is 4.43. The lowest BCUT2D eigenvalue weighted by Crippen LogP contribution is -2.05. The van der Waals surface area contributed by atoms with Crippen LogP contribution in [0.3, 0.4) is 0 Å². The Labute approximate surface area is 98.7 Å². The van der Waals surface area contributed by atoms with Crippen molar-refractivity contribution in [2.24, 2.45) is 0 Å². The zero-order valence-electron chi connectivity index (χ0n) is 8.78. The standard InChI is InChI=1S/C12H15BrO2/c1-14-12-5-3-2-4-11(12)9-6-10(7-13)15-8-9/h2-5,9-10H,6-8H2,1H3. The molecule has 0 aromatic heterocycles. The Morgan fingerprint density at radius 1 is 1.47 bits per heavy atom. The molecule has 1 aliphatic heterocycles. The van der Waals surface area contributed by atoms with Gasteiger partial charge in [0.25, 0.3) is 0 Å². The molecule has 2 unspecified atom stereocenters. The third kappa shape index (κ3) is 2.34. The molecule has 3 heteroatoms. The van der Waals surface area contributed by atoms with E-state index in [1.807, 2.05) is 12.1 Å². The fourth-order valence-electron chi connectivity index (χ4n) is 2.03. The first-order valence-corrected chi connectivity index (χ1v) is 6.27. The average molecular weight is 271 g/mol. The van der Waals surface area contributed by atoms with Gasteiger partial charge in [0.05, 0.1) is 19.8 Å². The van der Waals surface area contributed by atoms with Gasteiger partial charge in [0, 0.05) is 11.2 Å². The minimum absolute atomic E-state index is 0.347. The third-order valence-electron chi connectivity index (χ3n) is 2.83. The summed E-state index contributed by atoms with van der Waals surface area (Å²) in [6.07, 6.45) is 1.42. The van der Waals surface area contributed by atoms with Gasteiger partial charge < -0.3 is 9.47 Å². The van der Waals surface area contributed by atoms with E-state index in [0.717, 1.165) is 24.1 Å². The number of ether oxygens (including phenoxy) is 2. The van der Waals surface area contributed by atoms with E-state index in [1.165, 1.54) is 5.56 Å². The summed E-state index contributed by atoms with van der Waals surface area (Å²) >= 11 is 3.46. The fourth-order valence-corrected chi connectivity index (χ4v) is 2.48. The molecule has 82 valence electrons. The normalized spacial score (nSPS) is 25.5. The van der Waals surface area contributed by atoms with Crippen molar-refractivity contribution in [3.63, 3.8) is 0 Å². The Balaban J connectivity index is 2.16. The number of hydrogen-bond acceptors (Lipinski definition) is 2. The molecule has 1 aromatic carbocycles. The minimum atomic E-state index is 0.347. The third-order valence-corrected chi connectivity index (χ3v) is 3.55. The first kappa shape index (κ1) is 11.0. The first-order chi connectivity index (χ1) is 7.35. The molecular formula is C12H15BrO2. The van der Waals surface area contributed by atoms with Gasteiger partial charge in [-0.1, -0.05) is 34.1 Å². The quantitative estimate of drug-likeness (QED) is 0.787. The van der Waals surface area contributed by atoms with Crippen molar-refractivity contribution in [1.82, 2.24) is 0 Å². The van der Waals surface area contributed by atoms with Crippen molar-refractivity contribution < 1.29 is 9.47 Å². The highest BCUT2D eigenvalue weighted by Gasteiger charge is 2.27. The maximum atomic E-state index is 5.67. The van der Waals surface area contributed by atoms with Gasteiger partial charge >= 0.3 is 0 Å². The van der Waals surface area contributed by atoms with Crippen LogP contribution in [-0.2, 0) is 4.74 Å². The SMILES string of the molecule is COc1ccccc1C1COC(CBr)C1. The molecule has 0 spiro atoms. The molecule has 0 amide bonds. The molecule has 0 aliphatic carbocycles. The highest BCUT2D eigenvalue weighted by Crippen LogP contribution is 2.35. The van der Waals surface area contributed by atoms with E-state index in [4.69, 9.17) is 9.47 Å². The summed E-state index contributed by atoms with van der Waals surface area (Å²) in [6.45, 7) is 0.802. The second kappa shape index (κ2) is 4.99. The molecule has 2 rings (SSSR count). The number of halogens is 1. The number of rotatable bonds is 3. The van der Waals surface area contributed by atoms with Crippen molar-refractivity contribution in [1.29, 1.82) is 0 Å². The van der Waals surface area contributed by atoms with Gasteiger partial charge in [-0.25, -0.2) is 0 Å². The number of methoxy groups -OCH3 is 1. The number of alkyl halides is 1. The topological polar surface area (TPSA) is 18.5 Å². The lowest BCUT2D eigenvalue weighted by Gasteiger charge is -2.12. The van der Waals surface area contributed by atoms with Gasteiger partial charge in [0.15, 0.2) is 0 Å². The molecule has 0 saturated carbocycles. The van der Waals surface area contributed by atoms with Crippen molar-refractivity contribution in [3.8, 4) is 5.75 Å². The number of para-hydroxylation sites is 1. The lowest BCUT2D eigenvalue weighted by atomic mass is 9.96. The molecule has 1 aliphatic rings. The molecule has 0 bridgehead atoms. The van der Waals surface area contributed by atoms with Crippen LogP contribution in [-0.4, -0.2) is 25.2 Å². The van der Waals surface area contributed by atoms with Crippen molar-refractivity contribution in [2.75, 3.05) is 19.0 Å². The molecule has 1 saturated heterocycles. The number of benzene rings is 1. The molecule has 2 nitrogen and oxygen atoms in total. The summed E-state index contributed by atoms with van der Waals surface area (Å²) in [5, 5.41) is 0.915. The minimum Gasteiger partial charge on any atom is -0.496 e. The van der Waals surface area contributed by atoms with Crippen LogP contribution < -0.4 is 4.74 Å². The fraction of sp³-hybridized carbons (Fsp3) is 0.500. The maximum absolute atomic E-state index is 5.67. The van der Waals surface area contributed by atoms with Crippen LogP contribution in [0.1, 0.15) is 17.9 Å². The van der Waals surface area contributed by atoms with Gasteiger partial charge in [-0.05, 0) is 18.1 Å². The largest absolute Gasteiger partial charge is 0.496 e. The molecule has 1 fully saturated rings. The summed E-state index contributed by atoms with van der Waals surface area (Å²) in [5.74, 6) is 1.45. The van der Waals surface area contributed by atoms with E-state index in [0.29, 0.717) is 12.0 Å². The second-order valence-electron chi connectivity index (χ2n) is 3.78. The molecule has 0 N–H and O–H groups in total. The summed E-state index contributed by atoms with van der Waals surface area (Å²) in [6, 6.07) is 8.19. The van der Waals surface area contributed by atoms with Gasteiger partial charge in [-0.2, -0.15) is 0 Å². The highest BCUT2D eigenvalue weighted by atomic mass is 79.9. The Morgan fingerprint density at radius 3 is 2.93 bits per heavy atom. The van der Waals surface area contributed by atoms with Crippen LogP contribution in [0.2, 0.25) is 0 Å². The van der Waals surface area contributed by atoms with Crippen LogP contribution in [0.5, 0.6) is 5.75 Å². The van der Waals surface area contributed by atoms with Crippen LogP contribution in [0, 0.1) is 0 Å². The van der Waals surface area contributed by atoms with Crippen molar-refractivity contribution >= 4 is 15.9 Å². The molecule has 1 aromatic rings. The maximum Gasteiger partial charge on any atom is 0.122 e. The summed E-state index contributed by atoms with van der Waals surface area (Å²) in [7, 11) is 1.72. The van der Waals surface area contributed by atoms with E-state index in [1.54, 1.807) is 7.11 Å². The average Bonchev–Trinajstić information content (AvgIpc) is 2.77. The number of hydrogen-bond donors (Lipinski definition) is 0. The molecule has 0 radical (unpaired) electrons. The summed E-state index contributed by atoms with van der Waals surface area (Å²) in [4.78, 5) is 0. The monoisotopic (exact) mass is 270 g/mol. The van der Waals surface area contributed by atoms with E-state index in [2.05, 4.69) is 28.1 Å². The summed E-state index contributed by atoms with van der Waals surface area (Å²) < 4.78 is 11.0. The van der Waals surface area contributed by atoms with Crippen LogP contribution in [0.15, 0.2) is 24.3 Å². The molecule has 15 heavy (non-hydrogen) atoms. The smallest absolute Gasteiger partial charge is 0.122 e. The Kier molecular flexibility index (Phi) is 3.65. The van der Waals surface area contributed by atoms with Crippen molar-refractivity contribution in [3.05, 3.63) is 29.8 Å². The molecule has 2 atom stereocenters. The predicted octanol–water partition coefficient (Wildman–Crippen LogP) is 2.96. The Morgan fingerprint density at radius 2 is 2.27 bits per heavy atom. The van der Waals surface area contributed by atoms with Crippen molar-refractivity contribution in [2.45, 2.75) is 18.4 Å². The zero-order chi connectivity index (χ0) is 10.7. The van der Waals surface area contributed by atoms with E-state index in [-0.39, 0.29) is 0 Å². The van der Waals surface area contributed by atoms with Crippen LogP contribution in [0.25, 0.3) is 0 Å². The van der Waals surface area contributed by atoms with Gasteiger partial charge in [0.2, 0.25) is 0 Å². The molecule has 1 heterocycles. The van der Waals surface area contributed by atoms with Gasteiger partial charge in [-0.3, -0.25) is 0 Å². The molecular weight excluding hydrogens is 256 g/mol. The van der Waals surface area contributed by atoms with Gasteiger partial charge in [0.1, 0.15) is 5.75 Å². The van der Waals surface area contributed by atoms with E-state index in [9.17, 15) is 0 Å². The van der Waals surface area contributed by atoms with E-state index >= 15 is 0 Å². The Bertz CT molecular complexity index is 327. The van der Waals surface area contributed by atoms with Crippen LogP contribution >= 0.6 is 15.9 Å². The first-order valence-electron chi connectivity index (χ1n) is 5.15. The highest BCUT2D eigenvalue weighted by molar-refractivity contribution is 9.09. The van der Waals surface area contributed by atoms with Crippen LogP contribution in [0.4, 0.5) is 0 Å². The Hall–Kier alpha value is -0.540.